The van der Waals surface area contributed by atoms with Gasteiger partial charge in [-0.1, -0.05) is 71.1 Å². The lowest BCUT2D eigenvalue weighted by Gasteiger charge is -2.15. The van der Waals surface area contributed by atoms with Crippen LogP contribution in [-0.2, 0) is 16.3 Å². The van der Waals surface area contributed by atoms with Crippen molar-refractivity contribution >= 4 is 18.5 Å². The van der Waals surface area contributed by atoms with E-state index < -0.39 is 6.72 Å². The van der Waals surface area contributed by atoms with Crippen molar-refractivity contribution in [2.24, 2.45) is 0 Å². The summed E-state index contributed by atoms with van der Waals surface area (Å²) in [6, 6.07) is 0. The Morgan fingerprint density at radius 1 is 0.895 bits per heavy atom. The SMILES string of the molecule is CCCCCCCCCCCCC(C)OP(O)(O)=S. The molecule has 0 amide bonds. The van der Waals surface area contributed by atoms with Gasteiger partial charge in [0.1, 0.15) is 0 Å². The van der Waals surface area contributed by atoms with E-state index in [-0.39, 0.29) is 6.10 Å². The molecule has 3 nitrogen and oxygen atoms in total. The lowest BCUT2D eigenvalue weighted by Crippen LogP contribution is -2.05. The summed E-state index contributed by atoms with van der Waals surface area (Å²) < 4.78 is 4.96. The van der Waals surface area contributed by atoms with Gasteiger partial charge in [-0.15, -0.1) is 0 Å². The Kier molecular flexibility index (Phi) is 12.6. The fraction of sp³-hybridized carbons (Fsp3) is 1.00. The van der Waals surface area contributed by atoms with Crippen LogP contribution in [0.5, 0.6) is 0 Å². The Bertz CT molecular complexity index is 243. The van der Waals surface area contributed by atoms with Gasteiger partial charge in [-0.05, 0) is 25.2 Å². The van der Waals surface area contributed by atoms with Gasteiger partial charge in [0.15, 0.2) is 0 Å². The predicted octanol–water partition coefficient (Wildman–Crippen LogP) is 4.91. The third-order valence-corrected chi connectivity index (χ3v) is 4.17. The molecular weight excluding hydrogens is 279 g/mol. The van der Waals surface area contributed by atoms with Crippen LogP contribution < -0.4 is 0 Å². The Hall–Kier alpha value is 0.530. The summed E-state index contributed by atoms with van der Waals surface area (Å²) in [5, 5.41) is 0. The number of hydrogen-bond acceptors (Lipinski definition) is 2. The van der Waals surface area contributed by atoms with Gasteiger partial charge in [-0.3, -0.25) is 0 Å². The van der Waals surface area contributed by atoms with Crippen molar-refractivity contribution in [3.05, 3.63) is 0 Å². The summed E-state index contributed by atoms with van der Waals surface area (Å²) in [6.45, 7) is 0.626. The molecule has 0 aromatic heterocycles. The largest absolute Gasteiger partial charge is 0.325 e. The van der Waals surface area contributed by atoms with Crippen LogP contribution in [0, 0.1) is 0 Å². The zero-order valence-corrected chi connectivity index (χ0v) is 14.2. The highest BCUT2D eigenvalue weighted by atomic mass is 32.5. The van der Waals surface area contributed by atoms with E-state index in [1.165, 1.54) is 57.8 Å². The van der Waals surface area contributed by atoms with Gasteiger partial charge in [0.05, 0.1) is 6.10 Å². The normalized spacial score (nSPS) is 13.7. The predicted molar refractivity (Wildman–Crippen MR) is 85.7 cm³/mol. The van der Waals surface area contributed by atoms with Gasteiger partial charge in [0.2, 0.25) is 0 Å². The van der Waals surface area contributed by atoms with Crippen molar-refractivity contribution < 1.29 is 14.3 Å². The molecule has 0 saturated carbocycles. The first-order valence-corrected chi connectivity index (χ1v) is 10.3. The van der Waals surface area contributed by atoms with E-state index in [2.05, 4.69) is 18.7 Å². The van der Waals surface area contributed by atoms with Crippen molar-refractivity contribution in [2.45, 2.75) is 90.6 Å². The highest BCUT2D eigenvalue weighted by molar-refractivity contribution is 8.06. The highest BCUT2D eigenvalue weighted by Crippen LogP contribution is 2.38. The number of hydrogen-bond donors (Lipinski definition) is 2. The molecule has 0 aromatic rings. The van der Waals surface area contributed by atoms with Gasteiger partial charge in [0, 0.05) is 0 Å². The summed E-state index contributed by atoms with van der Waals surface area (Å²) in [5.41, 5.74) is 0. The molecule has 0 aliphatic carbocycles. The molecule has 19 heavy (non-hydrogen) atoms. The van der Waals surface area contributed by atoms with Crippen LogP contribution in [0.2, 0.25) is 0 Å². The maximum Gasteiger partial charge on any atom is 0.322 e. The minimum absolute atomic E-state index is 0.144. The van der Waals surface area contributed by atoms with Crippen molar-refractivity contribution in [3.8, 4) is 0 Å². The first-order chi connectivity index (χ1) is 8.95. The molecular formula is C14H31O3PS. The zero-order chi connectivity index (χ0) is 14.6. The average Bonchev–Trinajstić information content (AvgIpc) is 2.29. The quantitative estimate of drug-likeness (QED) is 0.375. The molecule has 0 aliphatic heterocycles. The van der Waals surface area contributed by atoms with Crippen LogP contribution in [0.1, 0.15) is 84.5 Å². The van der Waals surface area contributed by atoms with Crippen LogP contribution >= 0.6 is 6.72 Å². The maximum atomic E-state index is 9.01. The van der Waals surface area contributed by atoms with Crippen LogP contribution in [0.15, 0.2) is 0 Å². The molecule has 0 spiro atoms. The Balaban J connectivity index is 3.20. The third-order valence-electron chi connectivity index (χ3n) is 3.28. The monoisotopic (exact) mass is 310 g/mol. The smallest absolute Gasteiger partial charge is 0.322 e. The fourth-order valence-corrected chi connectivity index (χ4v) is 3.22. The van der Waals surface area contributed by atoms with E-state index in [1.54, 1.807) is 0 Å². The fourth-order valence-electron chi connectivity index (χ4n) is 2.21. The molecule has 1 unspecified atom stereocenters. The molecule has 5 heteroatoms. The summed E-state index contributed by atoms with van der Waals surface area (Å²) in [6.07, 6.45) is 13.8. The first-order valence-electron chi connectivity index (χ1n) is 7.69. The summed E-state index contributed by atoms with van der Waals surface area (Å²) in [5.74, 6) is 0. The molecule has 0 aliphatic rings. The Morgan fingerprint density at radius 2 is 1.32 bits per heavy atom. The van der Waals surface area contributed by atoms with Crippen molar-refractivity contribution in [2.75, 3.05) is 0 Å². The third kappa shape index (κ3) is 16.5. The van der Waals surface area contributed by atoms with E-state index in [1.807, 2.05) is 6.92 Å². The Morgan fingerprint density at radius 3 is 1.74 bits per heavy atom. The van der Waals surface area contributed by atoms with E-state index in [0.29, 0.717) is 0 Å². The molecule has 0 rings (SSSR count). The second kappa shape index (κ2) is 12.3. The first kappa shape index (κ1) is 19.5. The van der Waals surface area contributed by atoms with Gasteiger partial charge in [-0.2, -0.15) is 0 Å². The van der Waals surface area contributed by atoms with Gasteiger partial charge < -0.3 is 14.3 Å². The Labute approximate surface area is 124 Å². The number of unbranched alkanes of at least 4 members (excludes halogenated alkanes) is 9. The summed E-state index contributed by atoms with van der Waals surface area (Å²) >= 11 is 4.44. The average molecular weight is 310 g/mol. The molecule has 1 atom stereocenters. The maximum absolute atomic E-state index is 9.01. The lowest BCUT2D eigenvalue weighted by molar-refractivity contribution is 0.172. The van der Waals surface area contributed by atoms with Crippen molar-refractivity contribution in [1.82, 2.24) is 0 Å². The van der Waals surface area contributed by atoms with E-state index in [9.17, 15) is 0 Å². The molecule has 0 saturated heterocycles. The second-order valence-electron chi connectivity index (χ2n) is 5.38. The van der Waals surface area contributed by atoms with Crippen LogP contribution in [0.3, 0.4) is 0 Å². The summed E-state index contributed by atoms with van der Waals surface area (Å²) in [4.78, 5) is 18.0. The van der Waals surface area contributed by atoms with Crippen LogP contribution in [0.25, 0.3) is 0 Å². The lowest BCUT2D eigenvalue weighted by atomic mass is 10.1. The van der Waals surface area contributed by atoms with Gasteiger partial charge in [0.25, 0.3) is 0 Å². The van der Waals surface area contributed by atoms with Crippen LogP contribution in [-0.4, -0.2) is 15.9 Å². The standard InChI is InChI=1S/C14H31O3PS/c1-3-4-5-6-7-8-9-10-11-12-13-14(2)17-18(15,16)19/h14H,3-13H2,1-2H3,(H2,15,16,19). The van der Waals surface area contributed by atoms with Gasteiger partial charge >= 0.3 is 6.72 Å². The minimum Gasteiger partial charge on any atom is -0.325 e. The van der Waals surface area contributed by atoms with E-state index in [4.69, 9.17) is 14.3 Å². The van der Waals surface area contributed by atoms with E-state index in [0.717, 1.165) is 12.8 Å². The molecule has 0 radical (unpaired) electrons. The zero-order valence-electron chi connectivity index (χ0n) is 12.5. The minimum atomic E-state index is -3.47. The highest BCUT2D eigenvalue weighted by Gasteiger charge is 2.13. The topological polar surface area (TPSA) is 49.7 Å². The molecule has 0 bridgehead atoms. The van der Waals surface area contributed by atoms with Crippen LogP contribution in [0.4, 0.5) is 0 Å². The van der Waals surface area contributed by atoms with Gasteiger partial charge in [-0.25, -0.2) is 0 Å². The molecule has 0 fully saturated rings. The molecule has 0 heterocycles. The number of rotatable bonds is 13. The van der Waals surface area contributed by atoms with E-state index >= 15 is 0 Å². The van der Waals surface area contributed by atoms with Crippen molar-refractivity contribution in [1.29, 1.82) is 0 Å². The molecule has 0 aromatic carbocycles. The van der Waals surface area contributed by atoms with Crippen molar-refractivity contribution in [3.63, 3.8) is 0 Å². The second-order valence-corrected chi connectivity index (χ2v) is 8.00. The molecule has 2 N–H and O–H groups in total. The molecule has 116 valence electrons. The summed E-state index contributed by atoms with van der Waals surface area (Å²) in [7, 11) is 0.